The van der Waals surface area contributed by atoms with Crippen molar-refractivity contribution in [3.8, 4) is 0 Å². The van der Waals surface area contributed by atoms with Crippen LogP contribution in [0, 0.1) is 11.6 Å². The first-order valence-corrected chi connectivity index (χ1v) is 9.78. The number of ether oxygens (including phenoxy) is 1. The quantitative estimate of drug-likeness (QED) is 0.758. The van der Waals surface area contributed by atoms with Gasteiger partial charge in [-0.15, -0.1) is 0 Å². The van der Waals surface area contributed by atoms with Gasteiger partial charge in [0.25, 0.3) is 5.56 Å². The number of hydrogen-bond acceptors (Lipinski definition) is 7. The van der Waals surface area contributed by atoms with Crippen LogP contribution in [0.2, 0.25) is 0 Å². The number of fused-ring (bicyclic) bond motifs is 1. The smallest absolute Gasteiger partial charge is 0.349 e. The molecule has 1 N–H and O–H groups in total. The van der Waals surface area contributed by atoms with E-state index in [9.17, 15) is 22.9 Å². The Labute approximate surface area is 156 Å². The normalized spacial score (nSPS) is 29.6. The third-order valence-electron chi connectivity index (χ3n) is 4.41. The third kappa shape index (κ3) is 3.71. The summed E-state index contributed by atoms with van der Waals surface area (Å²) in [6.45, 7) is -0.480. The number of phosphoric acid groups is 1. The van der Waals surface area contributed by atoms with Crippen LogP contribution < -0.4 is 11.2 Å². The zero-order valence-corrected chi connectivity index (χ0v) is 15.1. The van der Waals surface area contributed by atoms with E-state index in [-0.39, 0.29) is 25.2 Å². The number of H-pyrrole nitrogens is 1. The minimum atomic E-state index is -3.98. The van der Waals surface area contributed by atoms with Crippen LogP contribution >= 0.6 is 7.82 Å². The number of aromatic nitrogens is 2. The number of benzene rings is 1. The second kappa shape index (κ2) is 7.34. The van der Waals surface area contributed by atoms with Crippen molar-refractivity contribution in [2.45, 2.75) is 31.5 Å². The average Bonchev–Trinajstić information content (AvgIpc) is 3.06. The predicted molar refractivity (Wildman–Crippen MR) is 89.4 cm³/mol. The lowest BCUT2D eigenvalue weighted by atomic mass is 10.2. The first-order valence-electron chi connectivity index (χ1n) is 8.32. The predicted octanol–water partition coefficient (Wildman–Crippen LogP) is 1.84. The van der Waals surface area contributed by atoms with Gasteiger partial charge < -0.3 is 4.74 Å². The number of aromatic amines is 1. The standard InChI is InChI=1S/C16H15F2N2O7P/c17-10-4-2-1-3-9(10)7-24-28(23)25-8-13-12(27-28)5-14(26-13)20-6-11(18)15(21)19-16(20)22/h1-4,6,12-14H,5,7-8H2,(H,19,21,22)/t12-,13+,14+,28-/m0/s1. The fraction of sp³-hybridized carbons (Fsp3) is 0.375. The van der Waals surface area contributed by atoms with E-state index in [4.69, 9.17) is 18.3 Å². The lowest BCUT2D eigenvalue weighted by Gasteiger charge is -2.29. The molecule has 9 nitrogen and oxygen atoms in total. The highest BCUT2D eigenvalue weighted by atomic mass is 31.2. The lowest BCUT2D eigenvalue weighted by molar-refractivity contribution is -0.0732. The van der Waals surface area contributed by atoms with E-state index in [1.165, 1.54) is 18.2 Å². The van der Waals surface area contributed by atoms with Gasteiger partial charge in [0.2, 0.25) is 5.82 Å². The Hall–Kier alpha value is -2.17. The van der Waals surface area contributed by atoms with E-state index >= 15 is 0 Å². The number of rotatable bonds is 4. The minimum absolute atomic E-state index is 0.0481. The molecular weight excluding hydrogens is 401 g/mol. The van der Waals surface area contributed by atoms with E-state index in [0.29, 0.717) is 0 Å². The Kier molecular flexibility index (Phi) is 5.02. The molecule has 0 amide bonds. The van der Waals surface area contributed by atoms with Crippen LogP contribution in [-0.4, -0.2) is 28.4 Å². The Balaban J connectivity index is 1.45. The molecule has 0 bridgehead atoms. The maximum Gasteiger partial charge on any atom is 0.475 e. The minimum Gasteiger partial charge on any atom is -0.349 e. The Morgan fingerprint density at radius 1 is 1.21 bits per heavy atom. The lowest BCUT2D eigenvalue weighted by Crippen LogP contribution is -2.34. The summed E-state index contributed by atoms with van der Waals surface area (Å²) < 4.78 is 62.0. The molecule has 2 aliphatic rings. The van der Waals surface area contributed by atoms with Crippen LogP contribution in [-0.2, 0) is 29.5 Å². The summed E-state index contributed by atoms with van der Waals surface area (Å²) in [6.07, 6.45) is -1.60. The van der Waals surface area contributed by atoms with Gasteiger partial charge in [-0.05, 0) is 6.07 Å². The molecular formula is C16H15F2N2O7P. The van der Waals surface area contributed by atoms with Crippen molar-refractivity contribution in [2.75, 3.05) is 6.61 Å². The summed E-state index contributed by atoms with van der Waals surface area (Å²) in [5.74, 6) is -1.66. The van der Waals surface area contributed by atoms with Gasteiger partial charge in [0, 0.05) is 12.0 Å². The van der Waals surface area contributed by atoms with E-state index in [1.807, 2.05) is 4.98 Å². The van der Waals surface area contributed by atoms with Crippen LogP contribution in [0.5, 0.6) is 0 Å². The van der Waals surface area contributed by atoms with Gasteiger partial charge in [-0.25, -0.2) is 13.8 Å². The molecule has 4 atom stereocenters. The van der Waals surface area contributed by atoms with E-state index < -0.39 is 49.1 Å². The van der Waals surface area contributed by atoms with Gasteiger partial charge in [0.15, 0.2) is 0 Å². The molecule has 28 heavy (non-hydrogen) atoms. The topological polar surface area (TPSA) is 109 Å². The van der Waals surface area contributed by atoms with Crippen molar-refractivity contribution in [1.29, 1.82) is 0 Å². The molecule has 0 aliphatic carbocycles. The largest absolute Gasteiger partial charge is 0.475 e. The van der Waals surface area contributed by atoms with Crippen molar-refractivity contribution < 1.29 is 31.7 Å². The summed E-state index contributed by atoms with van der Waals surface area (Å²) in [7, 11) is -3.98. The summed E-state index contributed by atoms with van der Waals surface area (Å²) >= 11 is 0. The molecule has 150 valence electrons. The van der Waals surface area contributed by atoms with Crippen molar-refractivity contribution in [2.24, 2.45) is 0 Å². The second-order valence-electron chi connectivity index (χ2n) is 6.26. The SMILES string of the molecule is O=c1[nH]c(=O)n([C@H]2C[C@@H]3O[P@@](=O)(OCc4ccccc4F)OC[C@H]3O2)cc1F. The molecule has 4 rings (SSSR count). The number of nitrogens with zero attached hydrogens (tertiary/aromatic N) is 1. The number of phosphoric ester groups is 1. The summed E-state index contributed by atoms with van der Waals surface area (Å²) in [4.78, 5) is 24.9. The number of halogens is 2. The maximum absolute atomic E-state index is 13.7. The van der Waals surface area contributed by atoms with Gasteiger partial charge >= 0.3 is 13.5 Å². The van der Waals surface area contributed by atoms with Crippen LogP contribution in [0.1, 0.15) is 18.2 Å². The van der Waals surface area contributed by atoms with Crippen molar-refractivity contribution in [3.05, 3.63) is 68.5 Å². The first-order chi connectivity index (χ1) is 13.3. The Bertz CT molecular complexity index is 1060. The van der Waals surface area contributed by atoms with E-state index in [0.717, 1.165) is 10.8 Å². The van der Waals surface area contributed by atoms with Crippen LogP contribution in [0.4, 0.5) is 8.78 Å². The van der Waals surface area contributed by atoms with Crippen molar-refractivity contribution in [1.82, 2.24) is 9.55 Å². The highest BCUT2D eigenvalue weighted by molar-refractivity contribution is 7.48. The maximum atomic E-state index is 13.7. The molecule has 0 radical (unpaired) electrons. The van der Waals surface area contributed by atoms with Gasteiger partial charge in [-0.2, -0.15) is 4.39 Å². The molecule has 12 heteroatoms. The zero-order chi connectivity index (χ0) is 19.9. The first kappa shape index (κ1) is 19.2. The summed E-state index contributed by atoms with van der Waals surface area (Å²) in [5.41, 5.74) is -1.81. The fourth-order valence-corrected chi connectivity index (χ4v) is 4.38. The van der Waals surface area contributed by atoms with Crippen LogP contribution in [0.15, 0.2) is 40.1 Å². The molecule has 2 aromatic rings. The van der Waals surface area contributed by atoms with E-state index in [1.54, 1.807) is 6.07 Å². The highest BCUT2D eigenvalue weighted by Gasteiger charge is 2.48. The Morgan fingerprint density at radius 2 is 2.00 bits per heavy atom. The molecule has 2 aliphatic heterocycles. The second-order valence-corrected chi connectivity index (χ2v) is 7.88. The van der Waals surface area contributed by atoms with Gasteiger partial charge in [0.1, 0.15) is 24.3 Å². The molecule has 2 saturated heterocycles. The third-order valence-corrected chi connectivity index (χ3v) is 5.85. The van der Waals surface area contributed by atoms with Gasteiger partial charge in [-0.1, -0.05) is 18.2 Å². The number of nitrogens with one attached hydrogen (secondary N) is 1. The molecule has 1 aromatic carbocycles. The van der Waals surface area contributed by atoms with Crippen LogP contribution in [0.25, 0.3) is 0 Å². The molecule has 3 heterocycles. The number of hydrogen-bond donors (Lipinski definition) is 1. The molecule has 1 aromatic heterocycles. The van der Waals surface area contributed by atoms with Gasteiger partial charge in [-0.3, -0.25) is 27.9 Å². The van der Waals surface area contributed by atoms with E-state index in [2.05, 4.69) is 0 Å². The highest BCUT2D eigenvalue weighted by Crippen LogP contribution is 2.57. The fourth-order valence-electron chi connectivity index (χ4n) is 3.00. The van der Waals surface area contributed by atoms with Crippen molar-refractivity contribution >= 4 is 7.82 Å². The Morgan fingerprint density at radius 3 is 2.79 bits per heavy atom. The molecule has 2 fully saturated rings. The van der Waals surface area contributed by atoms with Gasteiger partial charge in [0.05, 0.1) is 19.4 Å². The monoisotopic (exact) mass is 416 g/mol. The van der Waals surface area contributed by atoms with Crippen molar-refractivity contribution in [3.63, 3.8) is 0 Å². The zero-order valence-electron chi connectivity index (χ0n) is 14.2. The molecule has 0 saturated carbocycles. The molecule has 0 spiro atoms. The van der Waals surface area contributed by atoms with Crippen LogP contribution in [0.3, 0.4) is 0 Å². The molecule has 0 unspecified atom stereocenters. The summed E-state index contributed by atoms with van der Waals surface area (Å²) in [5, 5.41) is 0. The average molecular weight is 416 g/mol. The summed E-state index contributed by atoms with van der Waals surface area (Å²) in [6, 6.07) is 5.83.